The highest BCUT2D eigenvalue weighted by molar-refractivity contribution is 5.72. The molecule has 0 aliphatic rings. The van der Waals surface area contributed by atoms with Crippen molar-refractivity contribution in [2.24, 2.45) is 0 Å². The maximum absolute atomic E-state index is 9.19. The second-order valence-electron chi connectivity index (χ2n) is 3.82. The third-order valence-electron chi connectivity index (χ3n) is 2.75. The van der Waals surface area contributed by atoms with Crippen LogP contribution in [0.1, 0.15) is 16.8 Å². The Labute approximate surface area is 105 Å². The first-order valence-electron chi connectivity index (χ1n) is 5.39. The lowest BCUT2D eigenvalue weighted by molar-refractivity contribution is 0.395. The lowest BCUT2D eigenvalue weighted by Gasteiger charge is -2.12. The van der Waals surface area contributed by atoms with E-state index in [0.29, 0.717) is 11.4 Å². The van der Waals surface area contributed by atoms with Crippen molar-refractivity contribution in [2.45, 2.75) is 13.8 Å². The van der Waals surface area contributed by atoms with Crippen LogP contribution < -0.4 is 4.74 Å². The molecule has 2 aromatic rings. The summed E-state index contributed by atoms with van der Waals surface area (Å²) < 4.78 is 5.12. The Hall–Kier alpha value is -2.48. The molecular weight excluding hydrogens is 228 g/mol. The summed E-state index contributed by atoms with van der Waals surface area (Å²) in [6.07, 6.45) is 4.88. The van der Waals surface area contributed by atoms with E-state index >= 15 is 0 Å². The first-order chi connectivity index (χ1) is 8.69. The average Bonchev–Trinajstić information content (AvgIpc) is 2.39. The van der Waals surface area contributed by atoms with Gasteiger partial charge in [-0.25, -0.2) is 15.0 Å². The molecule has 5 heteroatoms. The van der Waals surface area contributed by atoms with Crippen molar-refractivity contribution in [1.82, 2.24) is 15.0 Å². The van der Waals surface area contributed by atoms with Crippen LogP contribution in [0.4, 0.5) is 0 Å². The number of aromatic nitrogens is 3. The molecular formula is C13H12N4O. The van der Waals surface area contributed by atoms with Gasteiger partial charge in [-0.05, 0) is 19.4 Å². The molecule has 0 saturated carbocycles. The molecule has 90 valence electrons. The maximum atomic E-state index is 9.19. The number of ether oxygens (including phenoxy) is 1. The molecule has 0 aliphatic heterocycles. The number of methoxy groups -OCH3 is 1. The van der Waals surface area contributed by atoms with Gasteiger partial charge in [-0.15, -0.1) is 0 Å². The summed E-state index contributed by atoms with van der Waals surface area (Å²) in [5.41, 5.74) is 3.80. The molecule has 0 radical (unpaired) electrons. The summed E-state index contributed by atoms with van der Waals surface area (Å²) in [6.45, 7) is 3.75. The third kappa shape index (κ3) is 1.89. The second kappa shape index (κ2) is 4.80. The van der Waals surface area contributed by atoms with Crippen LogP contribution in [-0.2, 0) is 0 Å². The van der Waals surface area contributed by atoms with Crippen LogP contribution in [-0.4, -0.2) is 22.1 Å². The minimum absolute atomic E-state index is 0.355. The van der Waals surface area contributed by atoms with Crippen LogP contribution in [0, 0.1) is 25.2 Å². The van der Waals surface area contributed by atoms with Gasteiger partial charge in [0.1, 0.15) is 18.0 Å². The molecule has 2 aromatic heterocycles. The van der Waals surface area contributed by atoms with Crippen LogP contribution in [0.2, 0.25) is 0 Å². The first-order valence-corrected chi connectivity index (χ1v) is 5.39. The highest BCUT2D eigenvalue weighted by Gasteiger charge is 2.16. The molecule has 0 saturated heterocycles. The standard InChI is InChI=1S/C13H12N4O/c1-8-11(4-14)13(18-3)17-9(2)12(8)10-5-15-7-16-6-10/h5-7H,1-3H3. The number of nitriles is 1. The van der Waals surface area contributed by atoms with E-state index in [-0.39, 0.29) is 0 Å². The van der Waals surface area contributed by atoms with Gasteiger partial charge in [-0.3, -0.25) is 0 Å². The van der Waals surface area contributed by atoms with Crippen LogP contribution in [0.25, 0.3) is 11.1 Å². The zero-order valence-electron chi connectivity index (χ0n) is 10.4. The molecule has 0 spiro atoms. The zero-order chi connectivity index (χ0) is 13.1. The lowest BCUT2D eigenvalue weighted by Crippen LogP contribution is -2.01. The van der Waals surface area contributed by atoms with Gasteiger partial charge in [0.25, 0.3) is 0 Å². The van der Waals surface area contributed by atoms with Crippen molar-refractivity contribution in [2.75, 3.05) is 7.11 Å². The lowest BCUT2D eigenvalue weighted by atomic mass is 9.98. The molecule has 0 unspecified atom stereocenters. The minimum atomic E-state index is 0.355. The van der Waals surface area contributed by atoms with E-state index in [1.54, 1.807) is 12.4 Å². The Kier molecular flexibility index (Phi) is 3.20. The topological polar surface area (TPSA) is 71.7 Å². The monoisotopic (exact) mass is 240 g/mol. The van der Waals surface area contributed by atoms with Crippen molar-refractivity contribution < 1.29 is 4.74 Å². The smallest absolute Gasteiger partial charge is 0.231 e. The summed E-state index contributed by atoms with van der Waals surface area (Å²) in [5.74, 6) is 0.355. The molecule has 2 heterocycles. The van der Waals surface area contributed by atoms with Crippen molar-refractivity contribution in [3.05, 3.63) is 35.5 Å². The molecule has 18 heavy (non-hydrogen) atoms. The van der Waals surface area contributed by atoms with Crippen LogP contribution >= 0.6 is 0 Å². The molecule has 0 aromatic carbocycles. The Morgan fingerprint density at radius 3 is 2.44 bits per heavy atom. The number of hydrogen-bond acceptors (Lipinski definition) is 5. The van der Waals surface area contributed by atoms with E-state index in [1.807, 2.05) is 13.8 Å². The van der Waals surface area contributed by atoms with Gasteiger partial charge in [0.2, 0.25) is 5.88 Å². The molecule has 2 rings (SSSR count). The highest BCUT2D eigenvalue weighted by Crippen LogP contribution is 2.31. The predicted molar refractivity (Wildman–Crippen MR) is 66.0 cm³/mol. The van der Waals surface area contributed by atoms with Crippen LogP contribution in [0.3, 0.4) is 0 Å². The summed E-state index contributed by atoms with van der Waals surface area (Å²) >= 11 is 0. The quantitative estimate of drug-likeness (QED) is 0.803. The molecule has 0 aliphatic carbocycles. The van der Waals surface area contributed by atoms with Gasteiger partial charge in [-0.2, -0.15) is 5.26 Å². The second-order valence-corrected chi connectivity index (χ2v) is 3.82. The Morgan fingerprint density at radius 2 is 1.89 bits per heavy atom. The molecule has 0 N–H and O–H groups in total. The van der Waals surface area contributed by atoms with Gasteiger partial charge in [0.15, 0.2) is 0 Å². The predicted octanol–water partition coefficient (Wildman–Crippen LogP) is 2.04. The summed E-state index contributed by atoms with van der Waals surface area (Å²) in [6, 6.07) is 2.12. The van der Waals surface area contributed by atoms with Crippen molar-refractivity contribution >= 4 is 0 Å². The van der Waals surface area contributed by atoms with E-state index < -0.39 is 0 Å². The summed E-state index contributed by atoms with van der Waals surface area (Å²) in [7, 11) is 1.51. The normalized spacial score (nSPS) is 9.89. The summed E-state index contributed by atoms with van der Waals surface area (Å²) in [5, 5.41) is 9.19. The van der Waals surface area contributed by atoms with Crippen molar-refractivity contribution in [3.8, 4) is 23.1 Å². The van der Waals surface area contributed by atoms with Gasteiger partial charge >= 0.3 is 0 Å². The van der Waals surface area contributed by atoms with E-state index in [4.69, 9.17) is 4.74 Å². The fourth-order valence-corrected chi connectivity index (χ4v) is 1.95. The minimum Gasteiger partial charge on any atom is -0.480 e. The van der Waals surface area contributed by atoms with Gasteiger partial charge in [0, 0.05) is 29.2 Å². The van der Waals surface area contributed by atoms with E-state index in [1.165, 1.54) is 13.4 Å². The van der Waals surface area contributed by atoms with Crippen LogP contribution in [0.15, 0.2) is 18.7 Å². The van der Waals surface area contributed by atoms with Crippen molar-refractivity contribution in [3.63, 3.8) is 0 Å². The molecule has 5 nitrogen and oxygen atoms in total. The Bertz CT molecular complexity index is 617. The highest BCUT2D eigenvalue weighted by atomic mass is 16.5. The van der Waals surface area contributed by atoms with E-state index in [0.717, 1.165) is 22.4 Å². The SMILES string of the molecule is COc1nc(C)c(-c2cncnc2)c(C)c1C#N. The molecule has 0 bridgehead atoms. The Morgan fingerprint density at radius 1 is 1.22 bits per heavy atom. The fraction of sp³-hybridized carbons (Fsp3) is 0.231. The van der Waals surface area contributed by atoms with Gasteiger partial charge < -0.3 is 4.74 Å². The number of hydrogen-bond donors (Lipinski definition) is 0. The average molecular weight is 240 g/mol. The van der Waals surface area contributed by atoms with Crippen molar-refractivity contribution in [1.29, 1.82) is 5.26 Å². The Balaban J connectivity index is 2.74. The van der Waals surface area contributed by atoms with Crippen LogP contribution in [0.5, 0.6) is 5.88 Å². The van der Waals surface area contributed by atoms with Gasteiger partial charge in [-0.1, -0.05) is 0 Å². The van der Waals surface area contributed by atoms with E-state index in [2.05, 4.69) is 21.0 Å². The summed E-state index contributed by atoms with van der Waals surface area (Å²) in [4.78, 5) is 12.3. The number of pyridine rings is 1. The van der Waals surface area contributed by atoms with E-state index in [9.17, 15) is 5.26 Å². The maximum Gasteiger partial charge on any atom is 0.231 e. The largest absolute Gasteiger partial charge is 0.480 e. The molecule has 0 atom stereocenters. The number of aryl methyl sites for hydroxylation is 1. The fourth-order valence-electron chi connectivity index (χ4n) is 1.95. The first kappa shape index (κ1) is 12.0. The number of rotatable bonds is 2. The number of nitrogens with zero attached hydrogens (tertiary/aromatic N) is 4. The van der Waals surface area contributed by atoms with Gasteiger partial charge in [0.05, 0.1) is 7.11 Å². The zero-order valence-corrected chi connectivity index (χ0v) is 10.4. The third-order valence-corrected chi connectivity index (χ3v) is 2.75. The molecule has 0 fully saturated rings. The molecule has 0 amide bonds.